The Bertz CT molecular complexity index is 242. The van der Waals surface area contributed by atoms with Crippen molar-refractivity contribution in [1.82, 2.24) is 10.2 Å². The molecule has 2 aliphatic rings. The summed E-state index contributed by atoms with van der Waals surface area (Å²) < 4.78 is 0. The van der Waals surface area contributed by atoms with Gasteiger partial charge in [0.2, 0.25) is 5.91 Å². The van der Waals surface area contributed by atoms with Crippen LogP contribution in [0.2, 0.25) is 0 Å². The fourth-order valence-corrected chi connectivity index (χ4v) is 2.60. The van der Waals surface area contributed by atoms with Gasteiger partial charge in [0.1, 0.15) is 0 Å². The highest BCUT2D eigenvalue weighted by Gasteiger charge is 2.39. The van der Waals surface area contributed by atoms with Gasteiger partial charge in [-0.3, -0.25) is 4.79 Å². The SMILES string of the molecule is CN(C(=O)C1(C)CCCNC1)C1CCC1. The van der Waals surface area contributed by atoms with Crippen LogP contribution in [0.5, 0.6) is 0 Å². The fraction of sp³-hybridized carbons (Fsp3) is 0.917. The fourth-order valence-electron chi connectivity index (χ4n) is 2.60. The Labute approximate surface area is 92.2 Å². The molecule has 86 valence electrons. The molecule has 1 heterocycles. The van der Waals surface area contributed by atoms with E-state index in [4.69, 9.17) is 0 Å². The second-order valence-corrected chi connectivity index (χ2v) is 5.34. The lowest BCUT2D eigenvalue weighted by Crippen LogP contribution is -2.53. The van der Waals surface area contributed by atoms with E-state index in [1.165, 1.54) is 19.3 Å². The summed E-state index contributed by atoms with van der Waals surface area (Å²) in [6.07, 6.45) is 5.85. The van der Waals surface area contributed by atoms with Gasteiger partial charge >= 0.3 is 0 Å². The van der Waals surface area contributed by atoms with E-state index in [2.05, 4.69) is 12.2 Å². The normalized spacial score (nSPS) is 32.1. The van der Waals surface area contributed by atoms with Crippen molar-refractivity contribution in [2.75, 3.05) is 20.1 Å². The summed E-state index contributed by atoms with van der Waals surface area (Å²) in [7, 11) is 1.98. The molecule has 0 bridgehead atoms. The summed E-state index contributed by atoms with van der Waals surface area (Å²) in [5.41, 5.74) is -0.150. The van der Waals surface area contributed by atoms with Gasteiger partial charge in [-0.05, 0) is 45.6 Å². The highest BCUT2D eigenvalue weighted by Crippen LogP contribution is 2.32. The lowest BCUT2D eigenvalue weighted by molar-refractivity contribution is -0.144. The van der Waals surface area contributed by atoms with Crippen LogP contribution in [0.3, 0.4) is 0 Å². The molecule has 3 heteroatoms. The van der Waals surface area contributed by atoms with E-state index in [1.54, 1.807) is 0 Å². The van der Waals surface area contributed by atoms with E-state index in [-0.39, 0.29) is 5.41 Å². The molecule has 2 fully saturated rings. The summed E-state index contributed by atoms with van der Waals surface area (Å²) in [5, 5.41) is 3.34. The van der Waals surface area contributed by atoms with Crippen LogP contribution in [0, 0.1) is 5.41 Å². The van der Waals surface area contributed by atoms with E-state index in [0.717, 1.165) is 25.9 Å². The number of rotatable bonds is 2. The first kappa shape index (κ1) is 10.9. The number of nitrogens with one attached hydrogen (secondary N) is 1. The van der Waals surface area contributed by atoms with Crippen molar-refractivity contribution in [3.8, 4) is 0 Å². The zero-order valence-corrected chi connectivity index (χ0v) is 9.88. The van der Waals surface area contributed by atoms with Gasteiger partial charge in [0.15, 0.2) is 0 Å². The third kappa shape index (κ3) is 2.03. The van der Waals surface area contributed by atoms with Crippen molar-refractivity contribution in [1.29, 1.82) is 0 Å². The van der Waals surface area contributed by atoms with Crippen molar-refractivity contribution in [2.45, 2.75) is 45.1 Å². The molecule has 1 N–H and O–H groups in total. The first-order chi connectivity index (χ1) is 7.13. The molecule has 1 saturated carbocycles. The van der Waals surface area contributed by atoms with Crippen LogP contribution in [0.4, 0.5) is 0 Å². The number of nitrogens with zero attached hydrogens (tertiary/aromatic N) is 1. The lowest BCUT2D eigenvalue weighted by Gasteiger charge is -2.42. The smallest absolute Gasteiger partial charge is 0.229 e. The second kappa shape index (κ2) is 4.12. The Hall–Kier alpha value is -0.570. The number of carbonyl (C=O) groups excluding carboxylic acids is 1. The molecule has 0 aromatic heterocycles. The highest BCUT2D eigenvalue weighted by atomic mass is 16.2. The van der Waals surface area contributed by atoms with E-state index < -0.39 is 0 Å². The lowest BCUT2D eigenvalue weighted by atomic mass is 9.80. The number of hydrogen-bond donors (Lipinski definition) is 1. The predicted octanol–water partition coefficient (Wildman–Crippen LogP) is 1.39. The third-order valence-electron chi connectivity index (χ3n) is 4.06. The molecular formula is C12H22N2O. The Morgan fingerprint density at radius 2 is 2.13 bits per heavy atom. The van der Waals surface area contributed by atoms with Crippen LogP contribution in [0.25, 0.3) is 0 Å². The summed E-state index contributed by atoms with van der Waals surface area (Å²) in [4.78, 5) is 14.3. The minimum absolute atomic E-state index is 0.150. The van der Waals surface area contributed by atoms with Gasteiger partial charge in [-0.1, -0.05) is 0 Å². The van der Waals surface area contributed by atoms with Crippen molar-refractivity contribution in [3.05, 3.63) is 0 Å². The van der Waals surface area contributed by atoms with Crippen LogP contribution in [-0.2, 0) is 4.79 Å². The standard InChI is InChI=1S/C12H22N2O/c1-12(7-4-8-13-9-12)11(15)14(2)10-5-3-6-10/h10,13H,3-9H2,1-2H3. The van der Waals surface area contributed by atoms with Gasteiger partial charge in [-0.2, -0.15) is 0 Å². The first-order valence-electron chi connectivity index (χ1n) is 6.11. The largest absolute Gasteiger partial charge is 0.342 e. The minimum Gasteiger partial charge on any atom is -0.342 e. The molecule has 15 heavy (non-hydrogen) atoms. The molecule has 1 atom stereocenters. The Kier molecular flexibility index (Phi) is 3.01. The van der Waals surface area contributed by atoms with E-state index in [1.807, 2.05) is 11.9 Å². The minimum atomic E-state index is -0.150. The molecule has 1 aliphatic heterocycles. The maximum atomic E-state index is 12.3. The van der Waals surface area contributed by atoms with Gasteiger partial charge in [-0.15, -0.1) is 0 Å². The van der Waals surface area contributed by atoms with Crippen LogP contribution in [-0.4, -0.2) is 37.0 Å². The number of hydrogen-bond acceptors (Lipinski definition) is 2. The summed E-state index contributed by atoms with van der Waals surface area (Å²) >= 11 is 0. The zero-order chi connectivity index (χ0) is 10.9. The molecule has 0 aromatic rings. The number of carbonyl (C=O) groups is 1. The van der Waals surface area contributed by atoms with Crippen molar-refractivity contribution < 1.29 is 4.79 Å². The van der Waals surface area contributed by atoms with E-state index >= 15 is 0 Å². The van der Waals surface area contributed by atoms with Crippen LogP contribution in [0.15, 0.2) is 0 Å². The second-order valence-electron chi connectivity index (χ2n) is 5.34. The van der Waals surface area contributed by atoms with E-state index in [9.17, 15) is 4.79 Å². The average Bonchev–Trinajstić information content (AvgIpc) is 2.15. The number of amides is 1. The van der Waals surface area contributed by atoms with Gasteiger partial charge in [0.05, 0.1) is 5.41 Å². The highest BCUT2D eigenvalue weighted by molar-refractivity contribution is 5.82. The molecule has 2 rings (SSSR count). The summed E-state index contributed by atoms with van der Waals surface area (Å²) in [6.45, 7) is 4.02. The van der Waals surface area contributed by atoms with Crippen molar-refractivity contribution >= 4 is 5.91 Å². The molecular weight excluding hydrogens is 188 g/mol. The van der Waals surface area contributed by atoms with Crippen molar-refractivity contribution in [2.24, 2.45) is 5.41 Å². The van der Waals surface area contributed by atoms with Crippen molar-refractivity contribution in [3.63, 3.8) is 0 Å². The summed E-state index contributed by atoms with van der Waals surface area (Å²) in [5.74, 6) is 0.347. The monoisotopic (exact) mass is 210 g/mol. The maximum Gasteiger partial charge on any atom is 0.229 e. The molecule has 1 unspecified atom stereocenters. The summed E-state index contributed by atoms with van der Waals surface area (Å²) in [6, 6.07) is 0.524. The topological polar surface area (TPSA) is 32.3 Å². The average molecular weight is 210 g/mol. The third-order valence-corrected chi connectivity index (χ3v) is 4.06. The van der Waals surface area contributed by atoms with Crippen LogP contribution >= 0.6 is 0 Å². The van der Waals surface area contributed by atoms with Gasteiger partial charge < -0.3 is 10.2 Å². The van der Waals surface area contributed by atoms with Crippen LogP contribution < -0.4 is 5.32 Å². The number of piperidine rings is 1. The quantitative estimate of drug-likeness (QED) is 0.747. The van der Waals surface area contributed by atoms with E-state index in [0.29, 0.717) is 11.9 Å². The van der Waals surface area contributed by atoms with Gasteiger partial charge in [0, 0.05) is 19.6 Å². The first-order valence-corrected chi connectivity index (χ1v) is 6.11. The zero-order valence-electron chi connectivity index (χ0n) is 9.88. The van der Waals surface area contributed by atoms with Gasteiger partial charge in [-0.25, -0.2) is 0 Å². The molecule has 3 nitrogen and oxygen atoms in total. The Morgan fingerprint density at radius 3 is 2.60 bits per heavy atom. The molecule has 1 aliphatic carbocycles. The molecule has 0 radical (unpaired) electrons. The molecule has 0 spiro atoms. The van der Waals surface area contributed by atoms with Crippen LogP contribution in [0.1, 0.15) is 39.0 Å². The maximum absolute atomic E-state index is 12.3. The molecule has 1 amide bonds. The Morgan fingerprint density at radius 1 is 1.40 bits per heavy atom. The Balaban J connectivity index is 1.98. The molecule has 0 aromatic carbocycles. The molecule has 1 saturated heterocycles. The predicted molar refractivity (Wildman–Crippen MR) is 60.6 cm³/mol. The van der Waals surface area contributed by atoms with Gasteiger partial charge in [0.25, 0.3) is 0 Å².